The third kappa shape index (κ3) is 3.30. The molecule has 5 nitrogen and oxygen atoms in total. The van der Waals surface area contributed by atoms with E-state index < -0.39 is 0 Å². The summed E-state index contributed by atoms with van der Waals surface area (Å²) in [6.45, 7) is 0.348. The highest BCUT2D eigenvalue weighted by Crippen LogP contribution is 2.24. The zero-order valence-electron chi connectivity index (χ0n) is 13.6. The number of nitrogens with one attached hydrogen (secondary N) is 1. The summed E-state index contributed by atoms with van der Waals surface area (Å²) in [6, 6.07) is 19.6. The normalized spacial score (nSPS) is 10.9. The van der Waals surface area contributed by atoms with Gasteiger partial charge in [-0.1, -0.05) is 42.5 Å². The second-order valence-corrected chi connectivity index (χ2v) is 5.74. The lowest BCUT2D eigenvalue weighted by atomic mass is 10.1. The zero-order valence-corrected chi connectivity index (χ0v) is 13.6. The lowest BCUT2D eigenvalue weighted by molar-refractivity contribution is -0.123. The van der Waals surface area contributed by atoms with Gasteiger partial charge in [-0.05, 0) is 23.6 Å². The zero-order chi connectivity index (χ0) is 17.1. The number of benzene rings is 2. The molecule has 5 heteroatoms. The summed E-state index contributed by atoms with van der Waals surface area (Å²) < 4.78 is 7.62. The number of fused-ring (bicyclic) bond motifs is 2. The summed E-state index contributed by atoms with van der Waals surface area (Å²) in [7, 11) is 0. The monoisotopic (exact) mass is 331 g/mol. The predicted octanol–water partition coefficient (Wildman–Crippen LogP) is 3.18. The molecule has 0 saturated carbocycles. The summed E-state index contributed by atoms with van der Waals surface area (Å²) in [5, 5.41) is 4.92. The highest BCUT2D eigenvalue weighted by molar-refractivity contribution is 5.88. The number of carbonyl (C=O) groups is 1. The molecule has 0 aliphatic carbocycles. The van der Waals surface area contributed by atoms with Crippen LogP contribution in [-0.2, 0) is 11.3 Å². The summed E-state index contributed by atoms with van der Waals surface area (Å²) in [5.41, 5.74) is 1.67. The van der Waals surface area contributed by atoms with E-state index in [0.29, 0.717) is 12.3 Å². The Morgan fingerprint density at radius 1 is 1.04 bits per heavy atom. The molecule has 1 N–H and O–H groups in total. The number of pyridine rings is 1. The van der Waals surface area contributed by atoms with Crippen LogP contribution in [0.1, 0.15) is 5.69 Å². The number of carbonyl (C=O) groups excluding carboxylic acids is 1. The number of hydrogen-bond donors (Lipinski definition) is 1. The van der Waals surface area contributed by atoms with Crippen molar-refractivity contribution in [2.45, 2.75) is 6.54 Å². The number of nitrogens with zero attached hydrogens (tertiary/aromatic N) is 2. The van der Waals surface area contributed by atoms with E-state index in [1.165, 1.54) is 0 Å². The lowest BCUT2D eigenvalue weighted by Gasteiger charge is -2.09. The van der Waals surface area contributed by atoms with Crippen LogP contribution in [0, 0.1) is 0 Å². The van der Waals surface area contributed by atoms with Crippen LogP contribution in [0.5, 0.6) is 5.75 Å². The van der Waals surface area contributed by atoms with Gasteiger partial charge in [0.2, 0.25) is 0 Å². The molecule has 0 spiro atoms. The van der Waals surface area contributed by atoms with Gasteiger partial charge in [-0.15, -0.1) is 0 Å². The molecule has 0 aliphatic heterocycles. The first-order chi connectivity index (χ1) is 12.3. The molecule has 25 heavy (non-hydrogen) atoms. The van der Waals surface area contributed by atoms with Crippen LogP contribution in [0.15, 0.2) is 73.1 Å². The third-order valence-electron chi connectivity index (χ3n) is 3.99. The Morgan fingerprint density at radius 3 is 2.80 bits per heavy atom. The maximum absolute atomic E-state index is 12.1. The van der Waals surface area contributed by atoms with Crippen LogP contribution >= 0.6 is 0 Å². The van der Waals surface area contributed by atoms with Crippen LogP contribution < -0.4 is 10.1 Å². The van der Waals surface area contributed by atoms with E-state index in [0.717, 1.165) is 22.1 Å². The average Bonchev–Trinajstić information content (AvgIpc) is 3.07. The number of ether oxygens (including phenoxy) is 1. The number of imidazole rings is 1. The molecule has 2 aromatic heterocycles. The smallest absolute Gasteiger partial charge is 0.258 e. The van der Waals surface area contributed by atoms with Gasteiger partial charge in [0.1, 0.15) is 11.4 Å². The molecule has 0 saturated heterocycles. The van der Waals surface area contributed by atoms with Crippen molar-refractivity contribution in [1.82, 2.24) is 14.7 Å². The van der Waals surface area contributed by atoms with E-state index in [2.05, 4.69) is 10.3 Å². The van der Waals surface area contributed by atoms with E-state index in [1.54, 1.807) is 0 Å². The van der Waals surface area contributed by atoms with Crippen LogP contribution in [0.25, 0.3) is 16.4 Å². The van der Waals surface area contributed by atoms with Gasteiger partial charge in [0.15, 0.2) is 6.61 Å². The maximum atomic E-state index is 12.1. The Kier molecular flexibility index (Phi) is 4.04. The van der Waals surface area contributed by atoms with Crippen molar-refractivity contribution < 1.29 is 9.53 Å². The summed E-state index contributed by atoms with van der Waals surface area (Å²) in [5.74, 6) is 0.533. The molecule has 2 aromatic carbocycles. The average molecular weight is 331 g/mol. The minimum Gasteiger partial charge on any atom is -0.483 e. The molecule has 124 valence electrons. The van der Waals surface area contributed by atoms with Gasteiger partial charge in [0.05, 0.1) is 12.2 Å². The molecule has 0 aliphatic rings. The van der Waals surface area contributed by atoms with Gasteiger partial charge in [0.25, 0.3) is 5.91 Å². The minimum atomic E-state index is -0.176. The maximum Gasteiger partial charge on any atom is 0.258 e. The molecule has 0 bridgehead atoms. The Hall–Kier alpha value is -3.34. The van der Waals surface area contributed by atoms with Gasteiger partial charge in [0, 0.05) is 17.8 Å². The van der Waals surface area contributed by atoms with E-state index in [9.17, 15) is 4.79 Å². The van der Waals surface area contributed by atoms with Gasteiger partial charge in [-0.3, -0.25) is 4.79 Å². The van der Waals surface area contributed by atoms with E-state index in [4.69, 9.17) is 4.74 Å². The van der Waals surface area contributed by atoms with Crippen molar-refractivity contribution in [2.75, 3.05) is 6.61 Å². The molecule has 1 amide bonds. The largest absolute Gasteiger partial charge is 0.483 e. The van der Waals surface area contributed by atoms with Crippen molar-refractivity contribution in [2.24, 2.45) is 0 Å². The third-order valence-corrected chi connectivity index (χ3v) is 3.99. The van der Waals surface area contributed by atoms with Gasteiger partial charge >= 0.3 is 0 Å². The van der Waals surface area contributed by atoms with E-state index in [1.807, 2.05) is 77.5 Å². The molecule has 0 unspecified atom stereocenters. The first-order valence-electron chi connectivity index (χ1n) is 8.09. The fourth-order valence-electron chi connectivity index (χ4n) is 2.78. The summed E-state index contributed by atoms with van der Waals surface area (Å²) >= 11 is 0. The van der Waals surface area contributed by atoms with Gasteiger partial charge in [-0.2, -0.15) is 0 Å². The van der Waals surface area contributed by atoms with Crippen LogP contribution in [0.3, 0.4) is 0 Å². The molecule has 4 rings (SSSR count). The Bertz CT molecular complexity index is 1000. The fourth-order valence-corrected chi connectivity index (χ4v) is 2.78. The highest BCUT2D eigenvalue weighted by atomic mass is 16.5. The molecule has 0 atom stereocenters. The van der Waals surface area contributed by atoms with Crippen LogP contribution in [0.2, 0.25) is 0 Å². The van der Waals surface area contributed by atoms with Crippen molar-refractivity contribution in [1.29, 1.82) is 0 Å². The van der Waals surface area contributed by atoms with E-state index >= 15 is 0 Å². The second-order valence-electron chi connectivity index (χ2n) is 5.74. The minimum absolute atomic E-state index is 0.0264. The Labute approximate surface area is 144 Å². The molecule has 2 heterocycles. The number of hydrogen-bond acceptors (Lipinski definition) is 3. The van der Waals surface area contributed by atoms with Gasteiger partial charge in [-0.25, -0.2) is 4.98 Å². The van der Waals surface area contributed by atoms with Crippen molar-refractivity contribution in [3.05, 3.63) is 78.8 Å². The SMILES string of the molecule is O=C(COc1cccc2ccccc12)NCc1cn2ccccc2n1. The van der Waals surface area contributed by atoms with Crippen molar-refractivity contribution in [3.8, 4) is 5.75 Å². The molecule has 4 aromatic rings. The fraction of sp³-hybridized carbons (Fsp3) is 0.100. The highest BCUT2D eigenvalue weighted by Gasteiger charge is 2.07. The van der Waals surface area contributed by atoms with Crippen molar-refractivity contribution in [3.63, 3.8) is 0 Å². The second kappa shape index (κ2) is 6.65. The standard InChI is InChI=1S/C20H17N3O2/c24-20(21-12-16-13-23-11-4-3-10-19(23)22-16)14-25-18-9-5-7-15-6-1-2-8-17(15)18/h1-11,13H,12,14H2,(H,21,24). The Balaban J connectivity index is 1.37. The van der Waals surface area contributed by atoms with Crippen LogP contribution in [0.4, 0.5) is 0 Å². The lowest BCUT2D eigenvalue weighted by Crippen LogP contribution is -2.28. The molecule has 0 radical (unpaired) electrons. The number of amides is 1. The summed E-state index contributed by atoms with van der Waals surface area (Å²) in [4.78, 5) is 16.5. The summed E-state index contributed by atoms with van der Waals surface area (Å²) in [6.07, 6.45) is 3.83. The predicted molar refractivity (Wildman–Crippen MR) is 96.5 cm³/mol. The number of rotatable bonds is 5. The quantitative estimate of drug-likeness (QED) is 0.611. The Morgan fingerprint density at radius 2 is 1.88 bits per heavy atom. The topological polar surface area (TPSA) is 55.6 Å². The first-order valence-corrected chi connectivity index (χ1v) is 8.09. The molecule has 0 fully saturated rings. The number of aromatic nitrogens is 2. The van der Waals surface area contributed by atoms with Crippen LogP contribution in [-0.4, -0.2) is 21.9 Å². The van der Waals surface area contributed by atoms with Crippen molar-refractivity contribution >= 4 is 22.3 Å². The van der Waals surface area contributed by atoms with E-state index in [-0.39, 0.29) is 12.5 Å². The van der Waals surface area contributed by atoms with Gasteiger partial charge < -0.3 is 14.5 Å². The molecular weight excluding hydrogens is 314 g/mol. The molecular formula is C20H17N3O2. The first kappa shape index (κ1) is 15.2.